The van der Waals surface area contributed by atoms with Crippen molar-refractivity contribution in [2.45, 2.75) is 52.3 Å². The molecule has 17 heavy (non-hydrogen) atoms. The van der Waals surface area contributed by atoms with Crippen molar-refractivity contribution in [2.75, 3.05) is 11.9 Å². The molecule has 96 valence electrons. The number of hydrogen-bond donors (Lipinski definition) is 1. The number of hydrogen-bond acceptors (Lipinski definition) is 3. The minimum Gasteiger partial charge on any atom is -0.376 e. The third-order valence-electron chi connectivity index (χ3n) is 3.29. The van der Waals surface area contributed by atoms with Gasteiger partial charge in [-0.3, -0.25) is 4.68 Å². The molecule has 2 heterocycles. The van der Waals surface area contributed by atoms with E-state index in [1.54, 1.807) is 0 Å². The first-order chi connectivity index (χ1) is 8.15. The molecule has 1 aromatic rings. The Bertz CT molecular complexity index is 348. The predicted octanol–water partition coefficient (Wildman–Crippen LogP) is 2.52. The molecular formula is C13H23N3O. The fourth-order valence-electron chi connectivity index (χ4n) is 2.06. The molecule has 4 heteroatoms. The fraction of sp³-hybridized carbons (Fsp3) is 0.769. The zero-order valence-electron chi connectivity index (χ0n) is 11.0. The summed E-state index contributed by atoms with van der Waals surface area (Å²) < 4.78 is 7.54. The van der Waals surface area contributed by atoms with Gasteiger partial charge >= 0.3 is 0 Å². The smallest absolute Gasteiger partial charge is 0.148 e. The van der Waals surface area contributed by atoms with Crippen LogP contribution in [0.1, 0.15) is 33.6 Å². The summed E-state index contributed by atoms with van der Waals surface area (Å²) >= 11 is 0. The van der Waals surface area contributed by atoms with E-state index in [0.717, 1.165) is 31.3 Å². The van der Waals surface area contributed by atoms with Gasteiger partial charge in [-0.2, -0.15) is 5.10 Å². The lowest BCUT2D eigenvalue weighted by atomic mass is 10.1. The Labute approximate surface area is 103 Å². The molecule has 1 aliphatic heterocycles. The molecule has 1 N–H and O–H groups in total. The summed E-state index contributed by atoms with van der Waals surface area (Å²) in [6.45, 7) is 8.43. The number of anilines is 1. The number of nitrogens with zero attached hydrogens (tertiary/aromatic N) is 2. The Morgan fingerprint density at radius 3 is 3.06 bits per heavy atom. The summed E-state index contributed by atoms with van der Waals surface area (Å²) in [4.78, 5) is 0. The zero-order chi connectivity index (χ0) is 12.3. The van der Waals surface area contributed by atoms with Gasteiger partial charge in [0, 0.05) is 25.4 Å². The molecule has 0 aliphatic carbocycles. The van der Waals surface area contributed by atoms with E-state index in [2.05, 4.69) is 31.2 Å². The number of ether oxygens (including phenoxy) is 1. The Hall–Kier alpha value is -1.03. The van der Waals surface area contributed by atoms with Gasteiger partial charge < -0.3 is 10.1 Å². The van der Waals surface area contributed by atoms with Crippen LogP contribution in [0.15, 0.2) is 12.3 Å². The molecular weight excluding hydrogens is 214 g/mol. The molecule has 1 aromatic heterocycles. The van der Waals surface area contributed by atoms with E-state index in [9.17, 15) is 0 Å². The molecule has 4 nitrogen and oxygen atoms in total. The number of aryl methyl sites for hydroxylation is 1. The van der Waals surface area contributed by atoms with Gasteiger partial charge in [-0.1, -0.05) is 13.8 Å². The summed E-state index contributed by atoms with van der Waals surface area (Å²) in [6.07, 6.45) is 4.57. The van der Waals surface area contributed by atoms with Crippen molar-refractivity contribution in [1.82, 2.24) is 9.78 Å². The van der Waals surface area contributed by atoms with E-state index in [1.807, 2.05) is 16.9 Å². The van der Waals surface area contributed by atoms with Crippen molar-refractivity contribution in [2.24, 2.45) is 5.92 Å². The molecule has 2 rings (SSSR count). The Morgan fingerprint density at radius 2 is 2.41 bits per heavy atom. The van der Waals surface area contributed by atoms with Crippen LogP contribution in [0.25, 0.3) is 0 Å². The highest BCUT2D eigenvalue weighted by molar-refractivity contribution is 5.34. The minimum atomic E-state index is 0.288. The molecule has 0 bridgehead atoms. The van der Waals surface area contributed by atoms with E-state index in [-0.39, 0.29) is 6.10 Å². The van der Waals surface area contributed by atoms with Gasteiger partial charge in [0.05, 0.1) is 12.1 Å². The van der Waals surface area contributed by atoms with Crippen molar-refractivity contribution in [3.63, 3.8) is 0 Å². The van der Waals surface area contributed by atoms with Crippen LogP contribution in [-0.4, -0.2) is 28.5 Å². The standard InChI is InChI=1S/C13H23N3O/c1-10(2)4-7-16-8-5-13(15-16)14-12-6-9-17-11(12)3/h5,8,10-12H,4,6-7,9H2,1-3H3,(H,14,15)/t11-,12-/m1/s1. The van der Waals surface area contributed by atoms with Crippen LogP contribution in [0.3, 0.4) is 0 Å². The van der Waals surface area contributed by atoms with Crippen molar-refractivity contribution < 1.29 is 4.74 Å². The fourth-order valence-corrected chi connectivity index (χ4v) is 2.06. The first-order valence-corrected chi connectivity index (χ1v) is 6.56. The monoisotopic (exact) mass is 237 g/mol. The van der Waals surface area contributed by atoms with Crippen LogP contribution >= 0.6 is 0 Å². The average Bonchev–Trinajstić information content (AvgIpc) is 2.87. The molecule has 0 amide bonds. The second kappa shape index (κ2) is 5.54. The summed E-state index contributed by atoms with van der Waals surface area (Å²) in [5, 5.41) is 7.97. The van der Waals surface area contributed by atoms with Crippen LogP contribution in [0, 0.1) is 5.92 Å². The van der Waals surface area contributed by atoms with Crippen molar-refractivity contribution in [1.29, 1.82) is 0 Å². The van der Waals surface area contributed by atoms with Crippen LogP contribution in [-0.2, 0) is 11.3 Å². The largest absolute Gasteiger partial charge is 0.376 e. The highest BCUT2D eigenvalue weighted by Gasteiger charge is 2.24. The number of nitrogens with one attached hydrogen (secondary N) is 1. The minimum absolute atomic E-state index is 0.288. The third-order valence-corrected chi connectivity index (χ3v) is 3.29. The van der Waals surface area contributed by atoms with Crippen LogP contribution in [0.5, 0.6) is 0 Å². The van der Waals surface area contributed by atoms with Crippen molar-refractivity contribution in [3.8, 4) is 0 Å². The summed E-state index contributed by atoms with van der Waals surface area (Å²) in [5.74, 6) is 1.69. The summed E-state index contributed by atoms with van der Waals surface area (Å²) in [7, 11) is 0. The van der Waals surface area contributed by atoms with E-state index in [1.165, 1.54) is 6.42 Å². The maximum Gasteiger partial charge on any atom is 0.148 e. The topological polar surface area (TPSA) is 39.1 Å². The molecule has 0 radical (unpaired) electrons. The van der Waals surface area contributed by atoms with E-state index in [0.29, 0.717) is 6.04 Å². The van der Waals surface area contributed by atoms with Gasteiger partial charge in [0.15, 0.2) is 0 Å². The highest BCUT2D eigenvalue weighted by atomic mass is 16.5. The third kappa shape index (κ3) is 3.46. The van der Waals surface area contributed by atoms with Crippen molar-refractivity contribution >= 4 is 5.82 Å². The first kappa shape index (κ1) is 12.4. The molecule has 0 unspecified atom stereocenters. The lowest BCUT2D eigenvalue weighted by molar-refractivity contribution is 0.121. The van der Waals surface area contributed by atoms with Gasteiger partial charge in [-0.25, -0.2) is 0 Å². The van der Waals surface area contributed by atoms with E-state index in [4.69, 9.17) is 4.74 Å². The number of rotatable bonds is 5. The van der Waals surface area contributed by atoms with E-state index >= 15 is 0 Å². The first-order valence-electron chi connectivity index (χ1n) is 6.56. The second-order valence-electron chi connectivity index (χ2n) is 5.26. The number of aromatic nitrogens is 2. The zero-order valence-corrected chi connectivity index (χ0v) is 11.0. The highest BCUT2D eigenvalue weighted by Crippen LogP contribution is 2.17. The van der Waals surface area contributed by atoms with Crippen LogP contribution in [0.4, 0.5) is 5.82 Å². The van der Waals surface area contributed by atoms with Crippen LogP contribution in [0.2, 0.25) is 0 Å². The predicted molar refractivity (Wildman–Crippen MR) is 69.1 cm³/mol. The van der Waals surface area contributed by atoms with Crippen LogP contribution < -0.4 is 5.32 Å². The molecule has 0 spiro atoms. The second-order valence-corrected chi connectivity index (χ2v) is 5.26. The van der Waals surface area contributed by atoms with Gasteiger partial charge in [0.2, 0.25) is 0 Å². The molecule has 0 saturated carbocycles. The Kier molecular flexibility index (Phi) is 4.05. The quantitative estimate of drug-likeness (QED) is 0.855. The lowest BCUT2D eigenvalue weighted by Gasteiger charge is -2.15. The molecule has 1 saturated heterocycles. The van der Waals surface area contributed by atoms with Gasteiger partial charge in [0.25, 0.3) is 0 Å². The SMILES string of the molecule is CC(C)CCn1ccc(N[C@@H]2CCO[C@@H]2C)n1. The van der Waals surface area contributed by atoms with Gasteiger partial charge in [0.1, 0.15) is 5.82 Å². The molecule has 1 aliphatic rings. The maximum absolute atomic E-state index is 5.53. The lowest BCUT2D eigenvalue weighted by Crippen LogP contribution is -2.26. The summed E-state index contributed by atoms with van der Waals surface area (Å²) in [5.41, 5.74) is 0. The van der Waals surface area contributed by atoms with Crippen molar-refractivity contribution in [3.05, 3.63) is 12.3 Å². The molecule has 2 atom stereocenters. The normalized spacial score (nSPS) is 24.5. The Morgan fingerprint density at radius 1 is 1.59 bits per heavy atom. The molecule has 1 fully saturated rings. The average molecular weight is 237 g/mol. The molecule has 0 aromatic carbocycles. The summed E-state index contributed by atoms with van der Waals surface area (Å²) in [6, 6.07) is 2.45. The van der Waals surface area contributed by atoms with Gasteiger partial charge in [-0.05, 0) is 25.7 Å². The van der Waals surface area contributed by atoms with E-state index < -0.39 is 0 Å². The Balaban J connectivity index is 1.85. The van der Waals surface area contributed by atoms with Gasteiger partial charge in [-0.15, -0.1) is 0 Å². The maximum atomic E-state index is 5.53.